The molecule has 0 unspecified atom stereocenters. The molecule has 1 aromatic heterocycles. The van der Waals surface area contributed by atoms with Crippen LogP contribution in [0.15, 0.2) is 29.5 Å². The van der Waals surface area contributed by atoms with Crippen LogP contribution >= 0.6 is 47.2 Å². The first kappa shape index (κ1) is 25.9. The van der Waals surface area contributed by atoms with Crippen molar-refractivity contribution in [1.82, 2.24) is 25.4 Å². The smallest absolute Gasteiger partial charge is 0.191 e. The summed E-state index contributed by atoms with van der Waals surface area (Å²) < 4.78 is 7.42. The van der Waals surface area contributed by atoms with E-state index in [1.54, 1.807) is 12.4 Å². The van der Waals surface area contributed by atoms with Gasteiger partial charge in [-0.05, 0) is 31.0 Å². The maximum Gasteiger partial charge on any atom is 0.191 e. The molecule has 0 bridgehead atoms. The highest BCUT2D eigenvalue weighted by Gasteiger charge is 2.05. The average Bonchev–Trinajstić information content (AvgIpc) is 3.14. The van der Waals surface area contributed by atoms with E-state index in [1.165, 1.54) is 0 Å². The molecule has 0 radical (unpaired) electrons. The number of hydrogen-bond donors (Lipinski definition) is 2. The molecule has 0 aliphatic carbocycles. The molecule has 0 aliphatic heterocycles. The highest BCUT2D eigenvalue weighted by Crippen LogP contribution is 2.21. The molecule has 2 N–H and O–H groups in total. The minimum Gasteiger partial charge on any atom is -0.382 e. The van der Waals surface area contributed by atoms with Gasteiger partial charge in [-0.2, -0.15) is 0 Å². The van der Waals surface area contributed by atoms with E-state index in [2.05, 4.69) is 32.7 Å². The highest BCUT2D eigenvalue weighted by atomic mass is 127. The standard InChI is InChI=1S/C19H28Cl2N6O.HI/c1-3-18-26-25-14-27(18)10-9-23-19(22-8-5-11-28-4-2)24-13-15-6-7-16(20)12-17(15)21;/h6-7,12,14H,3-5,8-11,13H2,1-2H3,(H2,22,23,24);1H. The summed E-state index contributed by atoms with van der Waals surface area (Å²) in [5.41, 5.74) is 0.925. The molecule has 0 atom stereocenters. The van der Waals surface area contributed by atoms with Gasteiger partial charge in [-0.1, -0.05) is 36.2 Å². The molecule has 0 fully saturated rings. The van der Waals surface area contributed by atoms with Gasteiger partial charge < -0.3 is 19.9 Å². The molecule has 162 valence electrons. The van der Waals surface area contributed by atoms with Crippen LogP contribution in [0.1, 0.15) is 31.7 Å². The number of halogens is 3. The number of aromatic nitrogens is 3. The summed E-state index contributed by atoms with van der Waals surface area (Å²) in [6.45, 7) is 8.21. The molecule has 29 heavy (non-hydrogen) atoms. The van der Waals surface area contributed by atoms with Crippen molar-refractivity contribution < 1.29 is 4.74 Å². The number of ether oxygens (including phenoxy) is 1. The zero-order valence-corrected chi connectivity index (χ0v) is 20.7. The average molecular weight is 555 g/mol. The zero-order chi connectivity index (χ0) is 20.2. The summed E-state index contributed by atoms with van der Waals surface area (Å²) in [5, 5.41) is 16.0. The Bertz CT molecular complexity index is 756. The molecule has 2 aromatic rings. The quantitative estimate of drug-likeness (QED) is 0.190. The van der Waals surface area contributed by atoms with Crippen molar-refractivity contribution in [1.29, 1.82) is 0 Å². The second-order valence-corrected chi connectivity index (χ2v) is 6.94. The molecule has 7 nitrogen and oxygen atoms in total. The van der Waals surface area contributed by atoms with Gasteiger partial charge in [0.15, 0.2) is 5.96 Å². The first-order valence-electron chi connectivity index (χ1n) is 9.54. The first-order chi connectivity index (χ1) is 13.6. The van der Waals surface area contributed by atoms with Crippen molar-refractivity contribution >= 4 is 53.1 Å². The summed E-state index contributed by atoms with van der Waals surface area (Å²) in [7, 11) is 0. The van der Waals surface area contributed by atoms with Crippen molar-refractivity contribution in [2.45, 2.75) is 39.8 Å². The molecule has 0 saturated carbocycles. The van der Waals surface area contributed by atoms with E-state index in [0.29, 0.717) is 23.1 Å². The van der Waals surface area contributed by atoms with Gasteiger partial charge in [0.1, 0.15) is 12.2 Å². The fourth-order valence-electron chi connectivity index (χ4n) is 2.55. The maximum absolute atomic E-state index is 6.25. The Labute approximate surface area is 199 Å². The normalized spacial score (nSPS) is 11.2. The van der Waals surface area contributed by atoms with Crippen LogP contribution in [0.2, 0.25) is 10.0 Å². The lowest BCUT2D eigenvalue weighted by Crippen LogP contribution is -2.39. The number of rotatable bonds is 11. The van der Waals surface area contributed by atoms with Gasteiger partial charge in [0.25, 0.3) is 0 Å². The van der Waals surface area contributed by atoms with Crippen molar-refractivity contribution in [2.75, 3.05) is 26.3 Å². The molecular formula is C19H29Cl2IN6O. The van der Waals surface area contributed by atoms with Gasteiger partial charge in [-0.25, -0.2) is 4.99 Å². The highest BCUT2D eigenvalue weighted by molar-refractivity contribution is 14.0. The minimum atomic E-state index is 0. The molecular weight excluding hydrogens is 526 g/mol. The van der Waals surface area contributed by atoms with E-state index in [4.69, 9.17) is 27.9 Å². The number of aryl methyl sites for hydroxylation is 1. The summed E-state index contributed by atoms with van der Waals surface area (Å²) in [6, 6.07) is 5.44. The monoisotopic (exact) mass is 554 g/mol. The third-order valence-electron chi connectivity index (χ3n) is 4.04. The Morgan fingerprint density at radius 1 is 1.21 bits per heavy atom. The Kier molecular flexibility index (Phi) is 13.2. The molecule has 10 heteroatoms. The third kappa shape index (κ3) is 9.50. The lowest BCUT2D eigenvalue weighted by Gasteiger charge is -2.14. The van der Waals surface area contributed by atoms with Crippen LogP contribution in [0.25, 0.3) is 0 Å². The van der Waals surface area contributed by atoms with Crippen molar-refractivity contribution in [3.63, 3.8) is 0 Å². The lowest BCUT2D eigenvalue weighted by molar-refractivity contribution is 0.145. The van der Waals surface area contributed by atoms with Gasteiger partial charge in [0, 0.05) is 49.3 Å². The Morgan fingerprint density at radius 3 is 2.72 bits per heavy atom. The molecule has 0 amide bonds. The van der Waals surface area contributed by atoms with Crippen LogP contribution in [0.4, 0.5) is 0 Å². The number of benzene rings is 1. The molecule has 1 heterocycles. The summed E-state index contributed by atoms with van der Waals surface area (Å²) in [4.78, 5) is 4.65. The molecule has 2 rings (SSSR count). The number of guanidine groups is 1. The van der Waals surface area contributed by atoms with Crippen LogP contribution in [-0.4, -0.2) is 47.0 Å². The van der Waals surface area contributed by atoms with Crippen LogP contribution in [0.5, 0.6) is 0 Å². The van der Waals surface area contributed by atoms with Crippen LogP contribution in [0, 0.1) is 0 Å². The Hall–Kier alpha value is -1.10. The van der Waals surface area contributed by atoms with E-state index in [0.717, 1.165) is 56.5 Å². The van der Waals surface area contributed by atoms with E-state index in [-0.39, 0.29) is 24.0 Å². The predicted molar refractivity (Wildman–Crippen MR) is 130 cm³/mol. The Balaban J connectivity index is 0.00000420. The number of hydrogen-bond acceptors (Lipinski definition) is 4. The zero-order valence-electron chi connectivity index (χ0n) is 16.8. The van der Waals surface area contributed by atoms with Crippen molar-refractivity contribution in [3.05, 3.63) is 46.0 Å². The van der Waals surface area contributed by atoms with Gasteiger partial charge in [0.05, 0.1) is 6.54 Å². The number of nitrogens with zero attached hydrogens (tertiary/aromatic N) is 4. The van der Waals surface area contributed by atoms with Gasteiger partial charge >= 0.3 is 0 Å². The number of nitrogens with one attached hydrogen (secondary N) is 2. The van der Waals surface area contributed by atoms with Gasteiger partial charge in [0.2, 0.25) is 0 Å². The third-order valence-corrected chi connectivity index (χ3v) is 4.63. The topological polar surface area (TPSA) is 76.4 Å². The van der Waals surface area contributed by atoms with Crippen LogP contribution in [-0.2, 0) is 24.2 Å². The first-order valence-corrected chi connectivity index (χ1v) is 10.3. The van der Waals surface area contributed by atoms with Gasteiger partial charge in [-0.15, -0.1) is 34.2 Å². The van der Waals surface area contributed by atoms with Crippen LogP contribution in [0.3, 0.4) is 0 Å². The molecule has 0 saturated heterocycles. The summed E-state index contributed by atoms with van der Waals surface area (Å²) >= 11 is 12.2. The SMILES string of the molecule is CCOCCCNC(=NCc1ccc(Cl)cc1Cl)NCCn1cnnc1CC.I. The largest absolute Gasteiger partial charge is 0.382 e. The summed E-state index contributed by atoms with van der Waals surface area (Å²) in [6.07, 6.45) is 3.51. The van der Waals surface area contributed by atoms with Crippen molar-refractivity contribution in [3.8, 4) is 0 Å². The second kappa shape index (κ2) is 14.8. The fraction of sp³-hybridized carbons (Fsp3) is 0.526. The van der Waals surface area contributed by atoms with Gasteiger partial charge in [-0.3, -0.25) is 0 Å². The lowest BCUT2D eigenvalue weighted by atomic mass is 10.2. The second-order valence-electron chi connectivity index (χ2n) is 6.10. The Morgan fingerprint density at radius 2 is 2.00 bits per heavy atom. The van der Waals surface area contributed by atoms with E-state index in [9.17, 15) is 0 Å². The number of aliphatic imine (C=N–C) groups is 1. The van der Waals surface area contributed by atoms with Crippen molar-refractivity contribution in [2.24, 2.45) is 4.99 Å². The summed E-state index contributed by atoms with van der Waals surface area (Å²) in [5.74, 6) is 1.70. The maximum atomic E-state index is 6.25. The van der Waals surface area contributed by atoms with E-state index in [1.807, 2.05) is 23.6 Å². The fourth-order valence-corrected chi connectivity index (χ4v) is 3.02. The predicted octanol–water partition coefficient (Wildman–Crippen LogP) is 3.93. The molecule has 1 aromatic carbocycles. The van der Waals surface area contributed by atoms with E-state index >= 15 is 0 Å². The van der Waals surface area contributed by atoms with Crippen LogP contribution < -0.4 is 10.6 Å². The molecule has 0 aliphatic rings. The van der Waals surface area contributed by atoms with E-state index < -0.39 is 0 Å². The molecule has 0 spiro atoms. The minimum absolute atomic E-state index is 0.